The van der Waals surface area contributed by atoms with Crippen LogP contribution in [0.2, 0.25) is 0 Å². The minimum atomic E-state index is -0.704. The SMILES string of the molecule is CCCC(C)OC(=O)OCOc1ccc2c(c1)[C@]13CCCC[C@@H]1[C@@H](C2)N(C(=O)OCc1ccccc1)CC3. The van der Waals surface area contributed by atoms with E-state index < -0.39 is 6.16 Å². The Morgan fingerprint density at radius 2 is 1.92 bits per heavy atom. The number of amides is 1. The lowest BCUT2D eigenvalue weighted by Gasteiger charge is -2.58. The van der Waals surface area contributed by atoms with E-state index in [0.717, 1.165) is 44.1 Å². The second-order valence-electron chi connectivity index (χ2n) is 11.0. The van der Waals surface area contributed by atoms with E-state index in [0.29, 0.717) is 24.8 Å². The Kier molecular flexibility index (Phi) is 8.10. The maximum atomic E-state index is 13.2. The van der Waals surface area contributed by atoms with E-state index in [1.54, 1.807) is 0 Å². The molecule has 2 aromatic rings. The predicted octanol–water partition coefficient (Wildman–Crippen LogP) is 6.76. The number of benzene rings is 2. The number of likely N-dealkylation sites (tertiary alicyclic amines) is 1. The van der Waals surface area contributed by atoms with Gasteiger partial charge in [-0.15, -0.1) is 0 Å². The fourth-order valence-electron chi connectivity index (χ4n) is 6.91. The molecule has 2 fully saturated rings. The van der Waals surface area contributed by atoms with Crippen molar-refractivity contribution in [2.24, 2.45) is 5.92 Å². The second kappa shape index (κ2) is 11.7. The van der Waals surface area contributed by atoms with Gasteiger partial charge in [0.05, 0.1) is 0 Å². The van der Waals surface area contributed by atoms with Gasteiger partial charge in [-0.05, 0) is 73.8 Å². The van der Waals surface area contributed by atoms with Crippen LogP contribution in [0.5, 0.6) is 5.75 Å². The number of fused-ring (bicyclic) bond motifs is 1. The largest absolute Gasteiger partial charge is 0.511 e. The third-order valence-electron chi connectivity index (χ3n) is 8.64. The molecule has 1 aliphatic heterocycles. The molecular weight excluding hydrogens is 482 g/mol. The first-order valence-electron chi connectivity index (χ1n) is 14.1. The lowest BCUT2D eigenvalue weighted by atomic mass is 9.52. The smallest absolute Gasteiger partial charge is 0.457 e. The Labute approximate surface area is 225 Å². The van der Waals surface area contributed by atoms with E-state index in [9.17, 15) is 9.59 Å². The van der Waals surface area contributed by atoms with Crippen LogP contribution in [-0.4, -0.2) is 42.6 Å². The molecule has 0 N–H and O–H groups in total. The maximum absolute atomic E-state index is 13.2. The Morgan fingerprint density at radius 1 is 1.08 bits per heavy atom. The van der Waals surface area contributed by atoms with E-state index in [1.807, 2.05) is 55.1 Å². The molecular formula is C31H39NO6. The summed E-state index contributed by atoms with van der Waals surface area (Å²) in [5, 5.41) is 0. The van der Waals surface area contributed by atoms with Gasteiger partial charge in [0.2, 0.25) is 6.79 Å². The molecule has 7 nitrogen and oxygen atoms in total. The van der Waals surface area contributed by atoms with Gasteiger partial charge in [0, 0.05) is 18.0 Å². The van der Waals surface area contributed by atoms with Crippen LogP contribution >= 0.6 is 0 Å². The molecule has 1 amide bonds. The zero-order valence-corrected chi connectivity index (χ0v) is 22.5. The molecule has 1 saturated heterocycles. The molecule has 0 radical (unpaired) electrons. The highest BCUT2D eigenvalue weighted by Crippen LogP contribution is 2.56. The molecule has 204 valence electrons. The number of nitrogens with zero attached hydrogens (tertiary/aromatic N) is 1. The number of hydrogen-bond donors (Lipinski definition) is 0. The van der Waals surface area contributed by atoms with Crippen LogP contribution in [0, 0.1) is 5.92 Å². The van der Waals surface area contributed by atoms with E-state index in [-0.39, 0.29) is 30.4 Å². The standard InChI is InChI=1S/C31H39NO6/c1-3-9-22(2)38-30(34)37-21-36-25-14-13-24-18-28-26-12-7-8-15-31(26,27(24)19-25)16-17-32(28)29(33)35-20-23-10-5-4-6-11-23/h4-6,10-11,13-14,19,22,26,28H,3,7-9,12,15-18,20-21H2,1-2H3/t22?,26-,28-,31+/m1/s1. The van der Waals surface area contributed by atoms with Gasteiger partial charge in [-0.2, -0.15) is 0 Å². The molecule has 1 unspecified atom stereocenters. The first kappa shape index (κ1) is 26.4. The molecule has 2 aromatic carbocycles. The molecule has 7 heteroatoms. The van der Waals surface area contributed by atoms with Crippen LogP contribution in [0.1, 0.15) is 75.5 Å². The van der Waals surface area contributed by atoms with E-state index >= 15 is 0 Å². The number of carbonyl (C=O) groups is 2. The van der Waals surface area contributed by atoms with Crippen molar-refractivity contribution in [1.82, 2.24) is 4.90 Å². The summed E-state index contributed by atoms with van der Waals surface area (Å²) in [6, 6.07) is 16.2. The zero-order chi connectivity index (χ0) is 26.5. The minimum Gasteiger partial charge on any atom is -0.457 e. The number of hydrogen-bond acceptors (Lipinski definition) is 6. The number of carbonyl (C=O) groups excluding carboxylic acids is 2. The van der Waals surface area contributed by atoms with Gasteiger partial charge < -0.3 is 23.8 Å². The molecule has 2 aliphatic carbocycles. The number of rotatable bonds is 8. The van der Waals surface area contributed by atoms with Crippen molar-refractivity contribution in [2.45, 2.75) is 89.4 Å². The lowest BCUT2D eigenvalue weighted by molar-refractivity contribution is -0.0167. The van der Waals surface area contributed by atoms with Gasteiger partial charge >= 0.3 is 12.2 Å². The third-order valence-corrected chi connectivity index (χ3v) is 8.64. The summed E-state index contributed by atoms with van der Waals surface area (Å²) in [6.45, 7) is 4.71. The summed E-state index contributed by atoms with van der Waals surface area (Å²) in [4.78, 5) is 27.1. The summed E-state index contributed by atoms with van der Waals surface area (Å²) in [7, 11) is 0. The average molecular weight is 522 g/mol. The topological polar surface area (TPSA) is 74.3 Å². The van der Waals surface area contributed by atoms with E-state index in [1.165, 1.54) is 24.0 Å². The quantitative estimate of drug-likeness (QED) is 0.282. The van der Waals surface area contributed by atoms with Crippen LogP contribution < -0.4 is 4.74 Å². The van der Waals surface area contributed by atoms with Crippen molar-refractivity contribution in [3.8, 4) is 5.75 Å². The summed E-state index contributed by atoms with van der Waals surface area (Å²) in [5.74, 6) is 1.10. The van der Waals surface area contributed by atoms with E-state index in [4.69, 9.17) is 18.9 Å². The van der Waals surface area contributed by atoms with Crippen LogP contribution in [0.25, 0.3) is 0 Å². The van der Waals surface area contributed by atoms with E-state index in [2.05, 4.69) is 12.1 Å². The minimum absolute atomic E-state index is 0.0431. The van der Waals surface area contributed by atoms with Gasteiger partial charge in [0.25, 0.3) is 0 Å². The zero-order valence-electron chi connectivity index (χ0n) is 22.5. The van der Waals surface area contributed by atoms with Gasteiger partial charge in [-0.3, -0.25) is 0 Å². The molecule has 3 aliphatic rings. The molecule has 38 heavy (non-hydrogen) atoms. The average Bonchev–Trinajstić information content (AvgIpc) is 2.92. The van der Waals surface area contributed by atoms with Crippen LogP contribution in [0.15, 0.2) is 48.5 Å². The molecule has 2 bridgehead atoms. The number of piperidine rings is 1. The van der Waals surface area contributed by atoms with Crippen molar-refractivity contribution >= 4 is 12.2 Å². The Balaban J connectivity index is 1.27. The second-order valence-corrected chi connectivity index (χ2v) is 11.0. The Hall–Kier alpha value is -3.22. The number of ether oxygens (including phenoxy) is 4. The highest BCUT2D eigenvalue weighted by atomic mass is 16.8. The normalized spacial score (nSPS) is 24.4. The fourth-order valence-corrected chi connectivity index (χ4v) is 6.91. The summed E-state index contributed by atoms with van der Waals surface area (Å²) in [6.07, 6.45) is 7.01. The summed E-state index contributed by atoms with van der Waals surface area (Å²) >= 11 is 0. The first-order valence-corrected chi connectivity index (χ1v) is 14.1. The molecule has 1 heterocycles. The Bertz CT molecular complexity index is 1120. The third kappa shape index (κ3) is 5.47. The van der Waals surface area contributed by atoms with Gasteiger partial charge in [-0.1, -0.05) is 62.6 Å². The monoisotopic (exact) mass is 521 g/mol. The Morgan fingerprint density at radius 3 is 2.74 bits per heavy atom. The summed E-state index contributed by atoms with van der Waals surface area (Å²) < 4.78 is 22.0. The predicted molar refractivity (Wildman–Crippen MR) is 143 cm³/mol. The molecule has 1 saturated carbocycles. The van der Waals surface area contributed by atoms with Gasteiger partial charge in [0.1, 0.15) is 18.5 Å². The van der Waals surface area contributed by atoms with Crippen molar-refractivity contribution in [3.05, 3.63) is 65.2 Å². The highest BCUT2D eigenvalue weighted by Gasteiger charge is 2.55. The van der Waals surface area contributed by atoms with Crippen molar-refractivity contribution in [1.29, 1.82) is 0 Å². The highest BCUT2D eigenvalue weighted by molar-refractivity contribution is 5.69. The van der Waals surface area contributed by atoms with Crippen LogP contribution in [-0.2, 0) is 32.7 Å². The lowest BCUT2D eigenvalue weighted by Crippen LogP contribution is -2.62. The maximum Gasteiger partial charge on any atom is 0.511 e. The van der Waals surface area contributed by atoms with Gasteiger partial charge in [0.15, 0.2) is 0 Å². The van der Waals surface area contributed by atoms with Crippen molar-refractivity contribution in [3.63, 3.8) is 0 Å². The van der Waals surface area contributed by atoms with Crippen molar-refractivity contribution in [2.75, 3.05) is 13.3 Å². The molecule has 0 aromatic heterocycles. The molecule has 5 rings (SSSR count). The fraction of sp³-hybridized carbons (Fsp3) is 0.548. The van der Waals surface area contributed by atoms with Crippen LogP contribution in [0.4, 0.5) is 9.59 Å². The molecule has 0 spiro atoms. The van der Waals surface area contributed by atoms with Crippen molar-refractivity contribution < 1.29 is 28.5 Å². The summed E-state index contributed by atoms with van der Waals surface area (Å²) in [5.41, 5.74) is 3.66. The molecule has 4 atom stereocenters. The van der Waals surface area contributed by atoms with Gasteiger partial charge in [-0.25, -0.2) is 9.59 Å². The van der Waals surface area contributed by atoms with Crippen LogP contribution in [0.3, 0.4) is 0 Å². The first-order chi connectivity index (χ1) is 18.5.